The monoisotopic (exact) mass is 233 g/mol. The second kappa shape index (κ2) is 5.14. The zero-order chi connectivity index (χ0) is 12.3. The van der Waals surface area contributed by atoms with Crippen molar-refractivity contribution in [2.45, 2.75) is 25.9 Å². The molecule has 5 heteroatoms. The smallest absolute Gasteiger partial charge is 0.0537 e. The Hall–Kier alpha value is -1.62. The summed E-state index contributed by atoms with van der Waals surface area (Å²) < 4.78 is 3.78. The molecule has 0 spiro atoms. The highest BCUT2D eigenvalue weighted by molar-refractivity contribution is 5.16. The molecule has 2 aromatic heterocycles. The van der Waals surface area contributed by atoms with E-state index in [-0.39, 0.29) is 0 Å². The summed E-state index contributed by atoms with van der Waals surface area (Å²) in [6.45, 7) is 3.00. The minimum absolute atomic E-state index is 0.290. The van der Waals surface area contributed by atoms with Gasteiger partial charge in [0.2, 0.25) is 0 Å². The number of hydrogen-bond donors (Lipinski definition) is 1. The number of hydrogen-bond acceptors (Lipinski definition) is 3. The Morgan fingerprint density at radius 1 is 1.29 bits per heavy atom. The molecular formula is C12H19N5. The number of aromatic nitrogens is 4. The van der Waals surface area contributed by atoms with Gasteiger partial charge in [-0.3, -0.25) is 9.36 Å². The van der Waals surface area contributed by atoms with E-state index < -0.39 is 0 Å². The van der Waals surface area contributed by atoms with Crippen LogP contribution in [0.5, 0.6) is 0 Å². The third-order valence-electron chi connectivity index (χ3n) is 2.93. The maximum absolute atomic E-state index is 4.29. The van der Waals surface area contributed by atoms with Gasteiger partial charge in [-0.05, 0) is 26.0 Å². The summed E-state index contributed by atoms with van der Waals surface area (Å²) in [5.74, 6) is 0. The number of rotatable bonds is 5. The summed E-state index contributed by atoms with van der Waals surface area (Å²) >= 11 is 0. The first-order valence-corrected chi connectivity index (χ1v) is 5.90. The first kappa shape index (κ1) is 11.9. The van der Waals surface area contributed by atoms with Crippen molar-refractivity contribution in [2.24, 2.45) is 7.05 Å². The van der Waals surface area contributed by atoms with Gasteiger partial charge in [-0.25, -0.2) is 0 Å². The average molecular weight is 233 g/mol. The van der Waals surface area contributed by atoms with Crippen molar-refractivity contribution in [1.29, 1.82) is 0 Å². The minimum Gasteiger partial charge on any atom is -0.313 e. The third-order valence-corrected chi connectivity index (χ3v) is 2.93. The van der Waals surface area contributed by atoms with Crippen molar-refractivity contribution in [2.75, 3.05) is 7.05 Å². The van der Waals surface area contributed by atoms with E-state index in [1.54, 1.807) is 0 Å². The molecule has 2 rings (SSSR count). The Bertz CT molecular complexity index is 471. The predicted molar refractivity (Wildman–Crippen MR) is 66.6 cm³/mol. The predicted octanol–water partition coefficient (Wildman–Crippen LogP) is 1.14. The van der Waals surface area contributed by atoms with Crippen LogP contribution in [-0.4, -0.2) is 26.6 Å². The Kier molecular flexibility index (Phi) is 3.58. The maximum atomic E-state index is 4.29. The second-order valence-electron chi connectivity index (χ2n) is 4.20. The van der Waals surface area contributed by atoms with Crippen molar-refractivity contribution in [3.05, 3.63) is 35.9 Å². The van der Waals surface area contributed by atoms with E-state index in [2.05, 4.69) is 28.6 Å². The van der Waals surface area contributed by atoms with E-state index in [1.165, 1.54) is 11.1 Å². The molecule has 2 heterocycles. The van der Waals surface area contributed by atoms with E-state index in [4.69, 9.17) is 0 Å². The topological polar surface area (TPSA) is 47.7 Å². The second-order valence-corrected chi connectivity index (χ2v) is 4.20. The summed E-state index contributed by atoms with van der Waals surface area (Å²) in [4.78, 5) is 0. The van der Waals surface area contributed by atoms with Crippen LogP contribution in [0.15, 0.2) is 24.8 Å². The van der Waals surface area contributed by atoms with Crippen molar-refractivity contribution < 1.29 is 0 Å². The fourth-order valence-corrected chi connectivity index (χ4v) is 1.93. The molecule has 1 N–H and O–H groups in total. The standard InChI is InChI=1S/C12H19N5/c1-4-17-8-10(6-15-17)5-12(13-2)11-7-14-16(3)9-11/h6-9,12-13H,4-5H2,1-3H3. The van der Waals surface area contributed by atoms with Gasteiger partial charge in [0.05, 0.1) is 12.4 Å². The van der Waals surface area contributed by atoms with Crippen LogP contribution in [0, 0.1) is 0 Å². The van der Waals surface area contributed by atoms with Gasteiger partial charge in [0.15, 0.2) is 0 Å². The molecular weight excluding hydrogens is 214 g/mol. The first-order valence-electron chi connectivity index (χ1n) is 5.90. The molecule has 1 unspecified atom stereocenters. The quantitative estimate of drug-likeness (QED) is 0.842. The fraction of sp³-hybridized carbons (Fsp3) is 0.500. The van der Waals surface area contributed by atoms with E-state index in [9.17, 15) is 0 Å². The maximum Gasteiger partial charge on any atom is 0.0537 e. The van der Waals surface area contributed by atoms with Crippen LogP contribution in [-0.2, 0) is 20.0 Å². The highest BCUT2D eigenvalue weighted by Crippen LogP contribution is 2.16. The molecule has 0 amide bonds. The lowest BCUT2D eigenvalue weighted by Crippen LogP contribution is -2.18. The minimum atomic E-state index is 0.290. The number of nitrogens with zero attached hydrogens (tertiary/aromatic N) is 4. The molecule has 0 radical (unpaired) electrons. The van der Waals surface area contributed by atoms with Crippen LogP contribution in [0.2, 0.25) is 0 Å². The Morgan fingerprint density at radius 2 is 2.12 bits per heavy atom. The highest BCUT2D eigenvalue weighted by atomic mass is 15.3. The molecule has 0 aromatic carbocycles. The van der Waals surface area contributed by atoms with Gasteiger partial charge in [0.25, 0.3) is 0 Å². The van der Waals surface area contributed by atoms with E-state index in [1.807, 2.05) is 42.0 Å². The van der Waals surface area contributed by atoms with Gasteiger partial charge in [-0.15, -0.1) is 0 Å². The van der Waals surface area contributed by atoms with Crippen LogP contribution in [0.4, 0.5) is 0 Å². The zero-order valence-electron chi connectivity index (χ0n) is 10.6. The largest absolute Gasteiger partial charge is 0.313 e. The van der Waals surface area contributed by atoms with Crippen LogP contribution in [0.1, 0.15) is 24.1 Å². The highest BCUT2D eigenvalue weighted by Gasteiger charge is 2.12. The molecule has 0 fully saturated rings. The molecule has 0 saturated heterocycles. The molecule has 17 heavy (non-hydrogen) atoms. The van der Waals surface area contributed by atoms with E-state index >= 15 is 0 Å². The Morgan fingerprint density at radius 3 is 2.65 bits per heavy atom. The Balaban J connectivity index is 2.09. The lowest BCUT2D eigenvalue weighted by molar-refractivity contribution is 0.590. The zero-order valence-corrected chi connectivity index (χ0v) is 10.6. The normalized spacial score (nSPS) is 12.9. The van der Waals surface area contributed by atoms with Crippen LogP contribution < -0.4 is 5.32 Å². The molecule has 0 bridgehead atoms. The number of nitrogens with one attached hydrogen (secondary N) is 1. The van der Waals surface area contributed by atoms with Gasteiger partial charge in [-0.2, -0.15) is 10.2 Å². The van der Waals surface area contributed by atoms with Crippen molar-refractivity contribution in [3.63, 3.8) is 0 Å². The van der Waals surface area contributed by atoms with Gasteiger partial charge < -0.3 is 5.32 Å². The van der Waals surface area contributed by atoms with Gasteiger partial charge >= 0.3 is 0 Å². The Labute approximate surface area is 101 Å². The summed E-state index contributed by atoms with van der Waals surface area (Å²) in [6, 6.07) is 0.290. The summed E-state index contributed by atoms with van der Waals surface area (Å²) in [5.41, 5.74) is 2.45. The van der Waals surface area contributed by atoms with Crippen molar-refractivity contribution in [1.82, 2.24) is 24.9 Å². The summed E-state index contributed by atoms with van der Waals surface area (Å²) in [7, 11) is 3.91. The van der Waals surface area contributed by atoms with E-state index in [0.29, 0.717) is 6.04 Å². The van der Waals surface area contributed by atoms with Crippen molar-refractivity contribution >= 4 is 0 Å². The fourth-order valence-electron chi connectivity index (χ4n) is 1.93. The van der Waals surface area contributed by atoms with Gasteiger partial charge in [0, 0.05) is 37.6 Å². The third kappa shape index (κ3) is 2.74. The van der Waals surface area contributed by atoms with Gasteiger partial charge in [0.1, 0.15) is 0 Å². The van der Waals surface area contributed by atoms with Crippen LogP contribution in [0.25, 0.3) is 0 Å². The SMILES string of the molecule is CCn1cc(CC(NC)c2cnn(C)c2)cn1. The number of likely N-dealkylation sites (N-methyl/N-ethyl adjacent to an activating group) is 1. The molecule has 1 atom stereocenters. The summed E-state index contributed by atoms with van der Waals surface area (Å²) in [5, 5.41) is 11.8. The van der Waals surface area contributed by atoms with Crippen molar-refractivity contribution in [3.8, 4) is 0 Å². The molecule has 92 valence electrons. The molecule has 5 nitrogen and oxygen atoms in total. The average Bonchev–Trinajstić information content (AvgIpc) is 2.94. The summed E-state index contributed by atoms with van der Waals surface area (Å²) in [6.07, 6.45) is 8.92. The first-order chi connectivity index (χ1) is 8.22. The van der Waals surface area contributed by atoms with Crippen LogP contribution >= 0.6 is 0 Å². The van der Waals surface area contributed by atoms with Gasteiger partial charge in [-0.1, -0.05) is 0 Å². The lowest BCUT2D eigenvalue weighted by atomic mass is 10.0. The molecule has 0 aliphatic carbocycles. The van der Waals surface area contributed by atoms with E-state index in [0.717, 1.165) is 13.0 Å². The van der Waals surface area contributed by atoms with Crippen LogP contribution in [0.3, 0.4) is 0 Å². The molecule has 2 aromatic rings. The molecule has 0 aliphatic heterocycles. The molecule has 0 aliphatic rings. The number of aryl methyl sites for hydroxylation is 2. The molecule has 0 saturated carbocycles. The lowest BCUT2D eigenvalue weighted by Gasteiger charge is -2.12.